The van der Waals surface area contributed by atoms with E-state index in [9.17, 15) is 4.79 Å². The topological polar surface area (TPSA) is 55.1 Å². The SMILES string of the molecule is Cc1ccc(N)c(C)c1NC(=O)CCCc1cccs1. The molecule has 1 amide bonds. The second-order valence-electron chi connectivity index (χ2n) is 4.95. The van der Waals surface area contributed by atoms with Crippen LogP contribution in [0.15, 0.2) is 29.6 Å². The summed E-state index contributed by atoms with van der Waals surface area (Å²) in [5.74, 6) is 0.0540. The molecule has 4 heteroatoms. The van der Waals surface area contributed by atoms with Gasteiger partial charge < -0.3 is 11.1 Å². The number of nitrogen functional groups attached to an aromatic ring is 1. The fraction of sp³-hybridized carbons (Fsp3) is 0.312. The molecule has 0 radical (unpaired) electrons. The largest absolute Gasteiger partial charge is 0.398 e. The molecule has 0 aliphatic rings. The molecule has 0 aliphatic carbocycles. The van der Waals surface area contributed by atoms with Gasteiger partial charge in [0, 0.05) is 22.7 Å². The number of hydrogen-bond acceptors (Lipinski definition) is 3. The van der Waals surface area contributed by atoms with E-state index >= 15 is 0 Å². The van der Waals surface area contributed by atoms with Crippen LogP contribution in [0.2, 0.25) is 0 Å². The van der Waals surface area contributed by atoms with E-state index < -0.39 is 0 Å². The average molecular weight is 288 g/mol. The van der Waals surface area contributed by atoms with Crippen molar-refractivity contribution in [3.63, 3.8) is 0 Å². The average Bonchev–Trinajstić information content (AvgIpc) is 2.92. The molecule has 3 nitrogen and oxygen atoms in total. The van der Waals surface area contributed by atoms with E-state index in [1.54, 1.807) is 11.3 Å². The molecule has 2 aromatic rings. The lowest BCUT2D eigenvalue weighted by Crippen LogP contribution is -2.14. The van der Waals surface area contributed by atoms with Gasteiger partial charge in [0.1, 0.15) is 0 Å². The van der Waals surface area contributed by atoms with E-state index in [1.807, 2.05) is 32.0 Å². The van der Waals surface area contributed by atoms with Crippen molar-refractivity contribution in [1.82, 2.24) is 0 Å². The number of hydrogen-bond donors (Lipinski definition) is 2. The number of thiophene rings is 1. The predicted octanol–water partition coefficient (Wildman–Crippen LogP) is 3.91. The van der Waals surface area contributed by atoms with Gasteiger partial charge in [-0.05, 0) is 55.3 Å². The summed E-state index contributed by atoms with van der Waals surface area (Å²) >= 11 is 1.74. The quantitative estimate of drug-likeness (QED) is 0.820. The van der Waals surface area contributed by atoms with Crippen molar-refractivity contribution in [2.45, 2.75) is 33.1 Å². The highest BCUT2D eigenvalue weighted by Gasteiger charge is 2.09. The summed E-state index contributed by atoms with van der Waals surface area (Å²) in [6.07, 6.45) is 2.36. The number of nitrogens with one attached hydrogen (secondary N) is 1. The molecule has 1 aromatic heterocycles. The second kappa shape index (κ2) is 6.57. The van der Waals surface area contributed by atoms with Gasteiger partial charge in [0.15, 0.2) is 0 Å². The van der Waals surface area contributed by atoms with Gasteiger partial charge in [-0.2, -0.15) is 0 Å². The number of carbonyl (C=O) groups is 1. The van der Waals surface area contributed by atoms with E-state index in [0.29, 0.717) is 12.1 Å². The smallest absolute Gasteiger partial charge is 0.224 e. The molecule has 2 rings (SSSR count). The molecule has 0 saturated carbocycles. The Morgan fingerprint density at radius 2 is 2.10 bits per heavy atom. The summed E-state index contributed by atoms with van der Waals surface area (Å²) in [7, 11) is 0. The third-order valence-corrected chi connectivity index (χ3v) is 4.32. The number of aryl methyl sites for hydroxylation is 2. The molecule has 0 bridgehead atoms. The van der Waals surface area contributed by atoms with E-state index in [1.165, 1.54) is 4.88 Å². The fourth-order valence-electron chi connectivity index (χ4n) is 2.14. The van der Waals surface area contributed by atoms with Crippen LogP contribution in [0.25, 0.3) is 0 Å². The first-order chi connectivity index (χ1) is 9.58. The Labute approximate surface area is 123 Å². The Morgan fingerprint density at radius 1 is 1.30 bits per heavy atom. The molecule has 0 spiro atoms. The van der Waals surface area contributed by atoms with Gasteiger partial charge in [-0.1, -0.05) is 12.1 Å². The molecule has 0 fully saturated rings. The van der Waals surface area contributed by atoms with Crippen LogP contribution in [0.4, 0.5) is 11.4 Å². The van der Waals surface area contributed by atoms with Crippen LogP contribution in [-0.4, -0.2) is 5.91 Å². The van der Waals surface area contributed by atoms with Crippen molar-refractivity contribution >= 4 is 28.6 Å². The van der Waals surface area contributed by atoms with Gasteiger partial charge >= 0.3 is 0 Å². The first-order valence-corrected chi connectivity index (χ1v) is 7.64. The van der Waals surface area contributed by atoms with Crippen molar-refractivity contribution in [2.24, 2.45) is 0 Å². The molecular formula is C16H20N2OS. The van der Waals surface area contributed by atoms with Crippen LogP contribution in [0.5, 0.6) is 0 Å². The monoisotopic (exact) mass is 288 g/mol. The highest BCUT2D eigenvalue weighted by atomic mass is 32.1. The van der Waals surface area contributed by atoms with Crippen LogP contribution >= 0.6 is 11.3 Å². The summed E-state index contributed by atoms with van der Waals surface area (Å²) < 4.78 is 0. The Bertz CT molecular complexity index is 591. The zero-order valence-corrected chi connectivity index (χ0v) is 12.7. The number of benzene rings is 1. The molecule has 0 atom stereocenters. The lowest BCUT2D eigenvalue weighted by atomic mass is 10.1. The van der Waals surface area contributed by atoms with Crippen LogP contribution < -0.4 is 11.1 Å². The van der Waals surface area contributed by atoms with Gasteiger partial charge in [-0.15, -0.1) is 11.3 Å². The van der Waals surface area contributed by atoms with Crippen LogP contribution in [0, 0.1) is 13.8 Å². The van der Waals surface area contributed by atoms with Crippen LogP contribution in [-0.2, 0) is 11.2 Å². The molecule has 1 aromatic carbocycles. The summed E-state index contributed by atoms with van der Waals surface area (Å²) in [5, 5.41) is 5.05. The Morgan fingerprint density at radius 3 is 2.80 bits per heavy atom. The van der Waals surface area contributed by atoms with Crippen molar-refractivity contribution < 1.29 is 4.79 Å². The Hall–Kier alpha value is -1.81. The maximum absolute atomic E-state index is 12.0. The number of carbonyl (C=O) groups excluding carboxylic acids is 1. The fourth-order valence-corrected chi connectivity index (χ4v) is 2.89. The minimum atomic E-state index is 0.0540. The molecule has 0 unspecified atom stereocenters. The maximum atomic E-state index is 12.0. The molecule has 1 heterocycles. The normalized spacial score (nSPS) is 10.5. The van der Waals surface area contributed by atoms with Gasteiger partial charge in [0.2, 0.25) is 5.91 Å². The second-order valence-corrected chi connectivity index (χ2v) is 5.99. The van der Waals surface area contributed by atoms with Crippen LogP contribution in [0.1, 0.15) is 28.8 Å². The van der Waals surface area contributed by atoms with Gasteiger partial charge in [-0.3, -0.25) is 4.79 Å². The van der Waals surface area contributed by atoms with Crippen molar-refractivity contribution in [3.8, 4) is 0 Å². The van der Waals surface area contributed by atoms with E-state index in [-0.39, 0.29) is 5.91 Å². The summed E-state index contributed by atoms with van der Waals surface area (Å²) in [4.78, 5) is 13.3. The third kappa shape index (κ3) is 3.61. The number of rotatable bonds is 5. The Balaban J connectivity index is 1.90. The van der Waals surface area contributed by atoms with Crippen molar-refractivity contribution in [1.29, 1.82) is 0 Å². The molecule has 0 saturated heterocycles. The molecular weight excluding hydrogens is 268 g/mol. The lowest BCUT2D eigenvalue weighted by Gasteiger charge is -2.13. The molecule has 3 N–H and O–H groups in total. The van der Waals surface area contributed by atoms with E-state index in [0.717, 1.165) is 29.7 Å². The first kappa shape index (κ1) is 14.6. The standard InChI is InChI=1S/C16H20N2OS/c1-11-8-9-14(17)12(2)16(11)18-15(19)7-3-5-13-6-4-10-20-13/h4,6,8-10H,3,5,7,17H2,1-2H3,(H,18,19). The first-order valence-electron chi connectivity index (χ1n) is 6.76. The predicted molar refractivity (Wildman–Crippen MR) is 86.2 cm³/mol. The summed E-state index contributed by atoms with van der Waals surface area (Å²) in [6.45, 7) is 3.91. The van der Waals surface area contributed by atoms with Gasteiger partial charge in [-0.25, -0.2) is 0 Å². The van der Waals surface area contributed by atoms with Crippen molar-refractivity contribution in [2.75, 3.05) is 11.1 Å². The minimum Gasteiger partial charge on any atom is -0.398 e. The molecule has 106 valence electrons. The van der Waals surface area contributed by atoms with Crippen molar-refractivity contribution in [3.05, 3.63) is 45.6 Å². The Kier molecular flexibility index (Phi) is 4.79. The lowest BCUT2D eigenvalue weighted by molar-refractivity contribution is -0.116. The highest BCUT2D eigenvalue weighted by Crippen LogP contribution is 2.25. The van der Waals surface area contributed by atoms with Gasteiger partial charge in [0.25, 0.3) is 0 Å². The van der Waals surface area contributed by atoms with Gasteiger partial charge in [0.05, 0.1) is 0 Å². The minimum absolute atomic E-state index is 0.0540. The molecule has 0 aliphatic heterocycles. The van der Waals surface area contributed by atoms with Crippen LogP contribution in [0.3, 0.4) is 0 Å². The number of nitrogens with two attached hydrogens (primary N) is 1. The zero-order chi connectivity index (χ0) is 14.5. The molecule has 20 heavy (non-hydrogen) atoms. The highest BCUT2D eigenvalue weighted by molar-refractivity contribution is 7.09. The number of amides is 1. The van der Waals surface area contributed by atoms with E-state index in [4.69, 9.17) is 5.73 Å². The maximum Gasteiger partial charge on any atom is 0.224 e. The number of anilines is 2. The zero-order valence-electron chi connectivity index (χ0n) is 11.9. The third-order valence-electron chi connectivity index (χ3n) is 3.39. The van der Waals surface area contributed by atoms with E-state index in [2.05, 4.69) is 16.8 Å². The summed E-state index contributed by atoms with van der Waals surface area (Å²) in [5.41, 5.74) is 9.43. The summed E-state index contributed by atoms with van der Waals surface area (Å²) in [6, 6.07) is 7.95.